The first-order valence-corrected chi connectivity index (χ1v) is 6.97. The largest absolute Gasteiger partial charge is 0.434 e. The van der Waals surface area contributed by atoms with Crippen molar-refractivity contribution < 1.29 is 36.2 Å². The Bertz CT molecular complexity index is 511. The zero-order valence-corrected chi connectivity index (χ0v) is 12.5. The summed E-state index contributed by atoms with van der Waals surface area (Å²) in [5, 5.41) is 4.84. The number of amides is 2. The molecule has 0 unspecified atom stereocenters. The number of carbonyl (C=O) groups excluding carboxylic acids is 1. The van der Waals surface area contributed by atoms with Crippen molar-refractivity contribution in [1.82, 2.24) is 10.6 Å². The van der Waals surface area contributed by atoms with Gasteiger partial charge in [-0.3, -0.25) is 0 Å². The predicted molar refractivity (Wildman–Crippen MR) is 74.8 cm³/mol. The summed E-state index contributed by atoms with van der Waals surface area (Å²) in [7, 11) is 0. The van der Waals surface area contributed by atoms with Crippen LogP contribution in [0.4, 0.5) is 26.7 Å². The predicted octanol–water partition coefficient (Wildman–Crippen LogP) is 3.06. The number of urea groups is 1. The number of ether oxygens (including phenoxy) is 2. The van der Waals surface area contributed by atoms with Crippen molar-refractivity contribution in [3.63, 3.8) is 0 Å². The van der Waals surface area contributed by atoms with E-state index < -0.39 is 25.4 Å². The molecular formula is C14H17F5N2O3. The molecule has 0 saturated heterocycles. The molecule has 0 bridgehead atoms. The molecule has 0 atom stereocenters. The van der Waals surface area contributed by atoms with Gasteiger partial charge in [0, 0.05) is 25.3 Å². The monoisotopic (exact) mass is 356 g/mol. The van der Waals surface area contributed by atoms with Crippen LogP contribution in [-0.4, -0.2) is 38.6 Å². The third kappa shape index (κ3) is 9.13. The Hall–Kier alpha value is -2.10. The first kappa shape index (κ1) is 19.9. The number of rotatable bonds is 9. The van der Waals surface area contributed by atoms with Crippen LogP contribution in [0.3, 0.4) is 0 Å². The molecule has 1 aromatic rings. The highest BCUT2D eigenvalue weighted by atomic mass is 19.4. The van der Waals surface area contributed by atoms with Gasteiger partial charge in [-0.1, -0.05) is 18.2 Å². The highest BCUT2D eigenvalue weighted by molar-refractivity contribution is 5.73. The number of halogens is 5. The van der Waals surface area contributed by atoms with E-state index in [0.29, 0.717) is 5.56 Å². The number of nitrogens with one attached hydrogen (secondary N) is 2. The van der Waals surface area contributed by atoms with Crippen LogP contribution in [0.25, 0.3) is 0 Å². The van der Waals surface area contributed by atoms with Crippen molar-refractivity contribution in [1.29, 1.82) is 0 Å². The molecule has 0 saturated carbocycles. The third-order valence-corrected chi connectivity index (χ3v) is 2.64. The van der Waals surface area contributed by atoms with E-state index in [-0.39, 0.29) is 31.9 Å². The van der Waals surface area contributed by atoms with Gasteiger partial charge in [-0.25, -0.2) is 4.79 Å². The smallest absolute Gasteiger partial charge is 0.411 e. The van der Waals surface area contributed by atoms with Crippen LogP contribution in [0.5, 0.6) is 5.75 Å². The van der Waals surface area contributed by atoms with Crippen LogP contribution in [0.1, 0.15) is 12.0 Å². The highest BCUT2D eigenvalue weighted by Gasteiger charge is 2.27. The average molecular weight is 356 g/mol. The van der Waals surface area contributed by atoms with Gasteiger partial charge in [-0.2, -0.15) is 22.0 Å². The Balaban J connectivity index is 2.22. The second-order valence-corrected chi connectivity index (χ2v) is 4.62. The SMILES string of the molecule is O=C(NCCCOCC(F)(F)F)NCc1ccccc1OC(F)F. The molecule has 136 valence electrons. The molecule has 1 rings (SSSR count). The topological polar surface area (TPSA) is 59.6 Å². The normalized spacial score (nSPS) is 11.4. The van der Waals surface area contributed by atoms with Crippen molar-refractivity contribution in [2.45, 2.75) is 25.8 Å². The Morgan fingerprint density at radius 2 is 1.88 bits per heavy atom. The average Bonchev–Trinajstić information content (AvgIpc) is 2.48. The van der Waals surface area contributed by atoms with E-state index in [9.17, 15) is 26.7 Å². The molecule has 0 aromatic heterocycles. The molecule has 2 N–H and O–H groups in total. The Labute approximate surface area is 135 Å². The van der Waals surface area contributed by atoms with Crippen molar-refractivity contribution in [3.05, 3.63) is 29.8 Å². The van der Waals surface area contributed by atoms with Crippen molar-refractivity contribution >= 4 is 6.03 Å². The molecule has 0 spiro atoms. The lowest BCUT2D eigenvalue weighted by Gasteiger charge is -2.12. The lowest BCUT2D eigenvalue weighted by molar-refractivity contribution is -0.173. The minimum absolute atomic E-state index is 0.0424. The van der Waals surface area contributed by atoms with Gasteiger partial charge in [0.15, 0.2) is 0 Å². The summed E-state index contributed by atoms with van der Waals surface area (Å²) in [5.41, 5.74) is 0.362. The maximum Gasteiger partial charge on any atom is 0.411 e. The van der Waals surface area contributed by atoms with E-state index in [0.717, 1.165) is 0 Å². The quantitative estimate of drug-likeness (QED) is 0.528. The molecule has 0 aliphatic rings. The number of carbonyl (C=O) groups is 1. The molecular weight excluding hydrogens is 339 g/mol. The van der Waals surface area contributed by atoms with Gasteiger partial charge < -0.3 is 20.1 Å². The van der Waals surface area contributed by atoms with Crippen LogP contribution in [-0.2, 0) is 11.3 Å². The van der Waals surface area contributed by atoms with Crippen LogP contribution in [0.2, 0.25) is 0 Å². The van der Waals surface area contributed by atoms with Gasteiger partial charge in [0.1, 0.15) is 12.4 Å². The fraction of sp³-hybridized carbons (Fsp3) is 0.500. The van der Waals surface area contributed by atoms with E-state index in [4.69, 9.17) is 0 Å². The van der Waals surface area contributed by atoms with E-state index in [1.165, 1.54) is 18.2 Å². The minimum atomic E-state index is -4.38. The summed E-state index contributed by atoms with van der Waals surface area (Å²) in [6.07, 6.45) is -4.17. The van der Waals surface area contributed by atoms with Crippen LogP contribution < -0.4 is 15.4 Å². The zero-order chi connectivity index (χ0) is 18.0. The van der Waals surface area contributed by atoms with Crippen molar-refractivity contribution in [2.75, 3.05) is 19.8 Å². The maximum absolute atomic E-state index is 12.2. The van der Waals surface area contributed by atoms with Gasteiger partial charge in [-0.05, 0) is 12.5 Å². The number of benzene rings is 1. The van der Waals surface area contributed by atoms with E-state index in [1.54, 1.807) is 6.07 Å². The summed E-state index contributed by atoms with van der Waals surface area (Å²) < 4.78 is 68.6. The molecule has 0 heterocycles. The Kier molecular flexibility index (Phi) is 8.24. The van der Waals surface area contributed by atoms with Crippen LogP contribution >= 0.6 is 0 Å². The molecule has 10 heteroatoms. The Morgan fingerprint density at radius 3 is 2.54 bits per heavy atom. The molecule has 2 amide bonds. The van der Waals surface area contributed by atoms with Gasteiger partial charge >= 0.3 is 18.8 Å². The van der Waals surface area contributed by atoms with E-state index >= 15 is 0 Å². The lowest BCUT2D eigenvalue weighted by atomic mass is 10.2. The van der Waals surface area contributed by atoms with Crippen molar-refractivity contribution in [3.8, 4) is 5.75 Å². The molecule has 0 aliphatic heterocycles. The summed E-state index contributed by atoms with van der Waals surface area (Å²) in [6, 6.07) is 5.40. The first-order chi connectivity index (χ1) is 11.3. The second-order valence-electron chi connectivity index (χ2n) is 4.62. The minimum Gasteiger partial charge on any atom is -0.434 e. The molecule has 24 heavy (non-hydrogen) atoms. The number of para-hydroxylation sites is 1. The van der Waals surface area contributed by atoms with E-state index in [2.05, 4.69) is 20.1 Å². The van der Waals surface area contributed by atoms with Crippen LogP contribution in [0, 0.1) is 0 Å². The van der Waals surface area contributed by atoms with Crippen molar-refractivity contribution in [2.24, 2.45) is 0 Å². The van der Waals surface area contributed by atoms with Gasteiger partial charge in [0.2, 0.25) is 0 Å². The number of hydrogen-bond acceptors (Lipinski definition) is 3. The summed E-state index contributed by atoms with van der Waals surface area (Å²) >= 11 is 0. The first-order valence-electron chi connectivity index (χ1n) is 6.97. The molecule has 1 aromatic carbocycles. The summed E-state index contributed by atoms with van der Waals surface area (Å²) in [6.45, 7) is -4.39. The second kappa shape index (κ2) is 9.91. The van der Waals surface area contributed by atoms with Crippen LogP contribution in [0.15, 0.2) is 24.3 Å². The van der Waals surface area contributed by atoms with Gasteiger partial charge in [-0.15, -0.1) is 0 Å². The molecule has 5 nitrogen and oxygen atoms in total. The zero-order valence-electron chi connectivity index (χ0n) is 12.5. The fourth-order valence-corrected chi connectivity index (χ4v) is 1.66. The molecule has 0 aliphatic carbocycles. The third-order valence-electron chi connectivity index (χ3n) is 2.64. The van der Waals surface area contributed by atoms with E-state index in [1.807, 2.05) is 0 Å². The molecule has 0 fully saturated rings. The van der Waals surface area contributed by atoms with Gasteiger partial charge in [0.05, 0.1) is 0 Å². The maximum atomic E-state index is 12.2. The standard InChI is InChI=1S/C14H17F5N2O3/c15-12(16)24-11-5-2-1-4-10(11)8-21-13(22)20-6-3-7-23-9-14(17,18)19/h1-2,4-5,12H,3,6-9H2,(H2,20,21,22). The summed E-state index contributed by atoms with van der Waals surface area (Å²) in [4.78, 5) is 11.5. The highest BCUT2D eigenvalue weighted by Crippen LogP contribution is 2.19. The molecule has 0 radical (unpaired) electrons. The fourth-order valence-electron chi connectivity index (χ4n) is 1.66. The summed E-state index contributed by atoms with van der Waals surface area (Å²) in [5.74, 6) is -0.0478. The number of alkyl halides is 5. The van der Waals surface area contributed by atoms with Gasteiger partial charge in [0.25, 0.3) is 0 Å². The Morgan fingerprint density at radius 1 is 1.17 bits per heavy atom. The lowest BCUT2D eigenvalue weighted by Crippen LogP contribution is -2.36. The number of hydrogen-bond donors (Lipinski definition) is 2.